The van der Waals surface area contributed by atoms with Gasteiger partial charge in [-0.25, -0.2) is 0 Å². The molecule has 0 aliphatic carbocycles. The van der Waals surface area contributed by atoms with Gasteiger partial charge in [0.25, 0.3) is 0 Å². The summed E-state index contributed by atoms with van der Waals surface area (Å²) in [6, 6.07) is 0. The van der Waals surface area contributed by atoms with Crippen LogP contribution in [0.1, 0.15) is 47.0 Å². The van der Waals surface area contributed by atoms with E-state index in [4.69, 9.17) is 21.1 Å². The highest BCUT2D eigenvalue weighted by Crippen LogP contribution is 2.10. The molecular weight excluding hydrogens is 244 g/mol. The fourth-order valence-corrected chi connectivity index (χ4v) is 1.12. The summed E-state index contributed by atoms with van der Waals surface area (Å²) < 4.78 is 10.0. The lowest BCUT2D eigenvalue weighted by Gasteiger charge is -2.15. The fraction of sp³-hybridized carbons (Fsp3) is 0.833. The van der Waals surface area contributed by atoms with E-state index in [9.17, 15) is 9.59 Å². The SMILES string of the molecule is CCC(C)OC(=O)CC(Cl)C(=O)OC(C)CC. The predicted octanol–water partition coefficient (Wildman–Crippen LogP) is 2.67. The summed E-state index contributed by atoms with van der Waals surface area (Å²) in [7, 11) is 0. The number of rotatable bonds is 7. The van der Waals surface area contributed by atoms with Crippen LogP contribution in [0.2, 0.25) is 0 Å². The van der Waals surface area contributed by atoms with Crippen molar-refractivity contribution in [2.24, 2.45) is 0 Å². The molecule has 4 nitrogen and oxygen atoms in total. The maximum Gasteiger partial charge on any atom is 0.324 e. The molecule has 0 spiro atoms. The zero-order chi connectivity index (χ0) is 13.4. The van der Waals surface area contributed by atoms with Gasteiger partial charge >= 0.3 is 11.9 Å². The second kappa shape index (κ2) is 8.34. The molecule has 0 N–H and O–H groups in total. The largest absolute Gasteiger partial charge is 0.463 e. The van der Waals surface area contributed by atoms with Gasteiger partial charge in [0.05, 0.1) is 18.6 Å². The van der Waals surface area contributed by atoms with Crippen LogP contribution in [0, 0.1) is 0 Å². The molecule has 0 aromatic carbocycles. The van der Waals surface area contributed by atoms with Gasteiger partial charge in [0.2, 0.25) is 0 Å². The Labute approximate surface area is 108 Å². The molecule has 0 saturated heterocycles. The molecule has 0 fully saturated rings. The topological polar surface area (TPSA) is 52.6 Å². The number of alkyl halides is 1. The second-order valence-corrected chi connectivity index (χ2v) is 4.56. The zero-order valence-corrected chi connectivity index (χ0v) is 11.6. The van der Waals surface area contributed by atoms with Gasteiger partial charge in [-0.15, -0.1) is 11.6 Å². The highest BCUT2D eigenvalue weighted by molar-refractivity contribution is 6.30. The summed E-state index contributed by atoms with van der Waals surface area (Å²) in [5.74, 6) is -1.04. The van der Waals surface area contributed by atoms with Gasteiger partial charge in [0.1, 0.15) is 5.38 Å². The van der Waals surface area contributed by atoms with Crippen LogP contribution in [0.3, 0.4) is 0 Å². The molecule has 3 atom stereocenters. The Balaban J connectivity index is 4.03. The fourth-order valence-electron chi connectivity index (χ4n) is 0.941. The first-order valence-corrected chi connectivity index (χ1v) is 6.38. The summed E-state index contributed by atoms with van der Waals surface area (Å²) in [6.45, 7) is 7.38. The highest BCUT2D eigenvalue weighted by Gasteiger charge is 2.23. The predicted molar refractivity (Wildman–Crippen MR) is 65.9 cm³/mol. The van der Waals surface area contributed by atoms with Crippen LogP contribution in [-0.4, -0.2) is 29.5 Å². The van der Waals surface area contributed by atoms with Crippen LogP contribution in [0.5, 0.6) is 0 Å². The number of carbonyl (C=O) groups excluding carboxylic acids is 2. The number of halogens is 1. The van der Waals surface area contributed by atoms with Gasteiger partial charge < -0.3 is 9.47 Å². The van der Waals surface area contributed by atoms with Crippen molar-refractivity contribution >= 4 is 23.5 Å². The molecule has 0 aromatic rings. The van der Waals surface area contributed by atoms with Crippen molar-refractivity contribution in [3.63, 3.8) is 0 Å². The highest BCUT2D eigenvalue weighted by atomic mass is 35.5. The second-order valence-electron chi connectivity index (χ2n) is 4.04. The normalized spacial score (nSPS) is 15.8. The van der Waals surface area contributed by atoms with Gasteiger partial charge in [-0.1, -0.05) is 13.8 Å². The summed E-state index contributed by atoms with van der Waals surface area (Å²) in [4.78, 5) is 22.8. The van der Waals surface area contributed by atoms with Crippen LogP contribution in [0.25, 0.3) is 0 Å². The van der Waals surface area contributed by atoms with Crippen LogP contribution >= 0.6 is 11.6 Å². The van der Waals surface area contributed by atoms with Gasteiger partial charge in [-0.3, -0.25) is 9.59 Å². The van der Waals surface area contributed by atoms with Crippen molar-refractivity contribution < 1.29 is 19.1 Å². The molecule has 0 aromatic heterocycles. The van der Waals surface area contributed by atoms with E-state index in [1.54, 1.807) is 13.8 Å². The summed E-state index contributed by atoms with van der Waals surface area (Å²) in [5, 5.41) is -0.972. The third-order valence-electron chi connectivity index (χ3n) is 2.40. The van der Waals surface area contributed by atoms with E-state index in [-0.39, 0.29) is 18.6 Å². The van der Waals surface area contributed by atoms with Crippen LogP contribution in [-0.2, 0) is 19.1 Å². The number of hydrogen-bond acceptors (Lipinski definition) is 4. The van der Waals surface area contributed by atoms with Crippen molar-refractivity contribution in [1.29, 1.82) is 0 Å². The Bertz CT molecular complexity index is 255. The first-order chi connectivity index (χ1) is 7.90. The minimum Gasteiger partial charge on any atom is -0.463 e. The maximum atomic E-state index is 11.4. The molecule has 0 bridgehead atoms. The van der Waals surface area contributed by atoms with Crippen molar-refractivity contribution in [2.45, 2.75) is 64.5 Å². The molecule has 0 amide bonds. The minimum absolute atomic E-state index is 0.152. The lowest BCUT2D eigenvalue weighted by Crippen LogP contribution is -2.26. The molecule has 0 aliphatic rings. The van der Waals surface area contributed by atoms with Crippen LogP contribution < -0.4 is 0 Å². The molecule has 100 valence electrons. The molecule has 5 heteroatoms. The number of ether oxygens (including phenoxy) is 2. The Kier molecular flexibility index (Phi) is 7.96. The van der Waals surface area contributed by atoms with E-state index >= 15 is 0 Å². The quantitative estimate of drug-likeness (QED) is 0.524. The monoisotopic (exact) mass is 264 g/mol. The number of carbonyl (C=O) groups is 2. The smallest absolute Gasteiger partial charge is 0.324 e. The van der Waals surface area contributed by atoms with E-state index in [1.165, 1.54) is 0 Å². The van der Waals surface area contributed by atoms with Crippen molar-refractivity contribution in [3.05, 3.63) is 0 Å². The van der Waals surface area contributed by atoms with Gasteiger partial charge in [-0.2, -0.15) is 0 Å². The zero-order valence-electron chi connectivity index (χ0n) is 10.9. The average Bonchev–Trinajstić information content (AvgIpc) is 2.28. The Morgan fingerprint density at radius 3 is 2.00 bits per heavy atom. The third-order valence-corrected chi connectivity index (χ3v) is 2.73. The van der Waals surface area contributed by atoms with E-state index < -0.39 is 17.3 Å². The first-order valence-electron chi connectivity index (χ1n) is 5.94. The Morgan fingerprint density at radius 1 is 1.06 bits per heavy atom. The third kappa shape index (κ3) is 7.21. The van der Waals surface area contributed by atoms with Crippen LogP contribution in [0.15, 0.2) is 0 Å². The number of esters is 2. The average molecular weight is 265 g/mol. The van der Waals surface area contributed by atoms with Crippen molar-refractivity contribution in [2.75, 3.05) is 0 Å². The molecule has 3 unspecified atom stereocenters. The summed E-state index contributed by atoms with van der Waals surface area (Å²) in [6.07, 6.45) is 0.954. The van der Waals surface area contributed by atoms with Crippen molar-refractivity contribution in [1.82, 2.24) is 0 Å². The summed E-state index contributed by atoms with van der Waals surface area (Å²) in [5.41, 5.74) is 0. The van der Waals surface area contributed by atoms with E-state index in [2.05, 4.69) is 0 Å². The molecule has 0 aliphatic heterocycles. The molecule has 0 radical (unpaired) electrons. The van der Waals surface area contributed by atoms with Gasteiger partial charge in [0, 0.05) is 0 Å². The molecule has 0 saturated carbocycles. The molecular formula is C12H21ClO4. The van der Waals surface area contributed by atoms with Gasteiger partial charge in [0.15, 0.2) is 0 Å². The lowest BCUT2D eigenvalue weighted by atomic mass is 10.2. The maximum absolute atomic E-state index is 11.4. The van der Waals surface area contributed by atoms with Crippen molar-refractivity contribution in [3.8, 4) is 0 Å². The Morgan fingerprint density at radius 2 is 1.53 bits per heavy atom. The minimum atomic E-state index is -0.972. The van der Waals surface area contributed by atoms with Crippen LogP contribution in [0.4, 0.5) is 0 Å². The molecule has 17 heavy (non-hydrogen) atoms. The Hall–Kier alpha value is -0.770. The first kappa shape index (κ1) is 16.2. The molecule has 0 heterocycles. The number of hydrogen-bond donors (Lipinski definition) is 0. The van der Waals surface area contributed by atoms with E-state index in [1.807, 2.05) is 13.8 Å². The van der Waals surface area contributed by atoms with E-state index in [0.717, 1.165) is 6.42 Å². The molecule has 0 rings (SSSR count). The lowest BCUT2D eigenvalue weighted by molar-refractivity contribution is -0.154. The van der Waals surface area contributed by atoms with E-state index in [0.29, 0.717) is 6.42 Å². The van der Waals surface area contributed by atoms with Gasteiger partial charge in [-0.05, 0) is 26.7 Å². The summed E-state index contributed by atoms with van der Waals surface area (Å²) >= 11 is 5.78. The standard InChI is InChI=1S/C12H21ClO4/c1-5-8(3)16-11(14)7-10(13)12(15)17-9(4)6-2/h8-10H,5-7H2,1-4H3.